The van der Waals surface area contributed by atoms with Gasteiger partial charge in [-0.05, 0) is 29.3 Å². The second kappa shape index (κ2) is 4.58. The van der Waals surface area contributed by atoms with Gasteiger partial charge in [-0.15, -0.1) is 0 Å². The number of carbonyl (C=O) groups excluding carboxylic acids is 1. The number of hydrogen-bond acceptors (Lipinski definition) is 3. The van der Waals surface area contributed by atoms with Crippen LogP contribution in [0.1, 0.15) is 27.0 Å². The average molecular weight is 248 g/mol. The van der Waals surface area contributed by atoms with Crippen LogP contribution in [0.15, 0.2) is 42.5 Å². The van der Waals surface area contributed by atoms with Crippen molar-refractivity contribution in [1.29, 1.82) is 5.26 Å². The highest BCUT2D eigenvalue weighted by atomic mass is 16.1. The molecule has 0 amide bonds. The Bertz CT molecular complexity index is 660. The molecule has 2 aromatic carbocycles. The lowest BCUT2D eigenvalue weighted by Crippen LogP contribution is -2.15. The zero-order valence-corrected chi connectivity index (χ0v) is 10.3. The first-order valence-electron chi connectivity index (χ1n) is 6.13. The van der Waals surface area contributed by atoms with E-state index in [2.05, 4.69) is 23.1 Å². The Morgan fingerprint density at radius 3 is 2.37 bits per heavy atom. The van der Waals surface area contributed by atoms with Crippen LogP contribution >= 0.6 is 0 Å². The molecule has 0 aliphatic carbocycles. The number of rotatable bonds is 2. The van der Waals surface area contributed by atoms with Crippen molar-refractivity contribution in [2.75, 3.05) is 4.90 Å². The molecule has 92 valence electrons. The summed E-state index contributed by atoms with van der Waals surface area (Å²) in [5, 5.41) is 9.22. The summed E-state index contributed by atoms with van der Waals surface area (Å²) >= 11 is 0. The summed E-state index contributed by atoms with van der Waals surface area (Å²) in [6, 6.07) is 15.7. The predicted octanol–water partition coefficient (Wildman–Crippen LogP) is 2.89. The fourth-order valence-corrected chi connectivity index (χ4v) is 2.50. The molecule has 0 N–H and O–H groups in total. The van der Waals surface area contributed by atoms with Crippen LogP contribution in [0.2, 0.25) is 0 Å². The van der Waals surface area contributed by atoms with Gasteiger partial charge in [-0.1, -0.05) is 24.3 Å². The van der Waals surface area contributed by atoms with Gasteiger partial charge < -0.3 is 4.90 Å². The minimum atomic E-state index is 0.539. The Morgan fingerprint density at radius 1 is 1.11 bits per heavy atom. The molecule has 0 fully saturated rings. The third-order valence-corrected chi connectivity index (χ3v) is 3.46. The predicted molar refractivity (Wildman–Crippen MR) is 72.9 cm³/mol. The van der Waals surface area contributed by atoms with E-state index in [-0.39, 0.29) is 0 Å². The average Bonchev–Trinajstić information content (AvgIpc) is 2.90. The summed E-state index contributed by atoms with van der Waals surface area (Å²) in [5.74, 6) is 0. The lowest BCUT2D eigenvalue weighted by Gasteiger charge is -2.19. The van der Waals surface area contributed by atoms with Gasteiger partial charge in [-0.2, -0.15) is 5.26 Å². The van der Waals surface area contributed by atoms with E-state index >= 15 is 0 Å². The maximum atomic E-state index is 10.8. The van der Waals surface area contributed by atoms with Gasteiger partial charge in [0.15, 0.2) is 0 Å². The Hall–Kier alpha value is -2.60. The van der Waals surface area contributed by atoms with Crippen LogP contribution in [0.5, 0.6) is 0 Å². The first-order valence-corrected chi connectivity index (χ1v) is 6.13. The quantitative estimate of drug-likeness (QED) is 0.767. The minimum absolute atomic E-state index is 0.539. The molecular weight excluding hydrogens is 236 g/mol. The number of carbonyl (C=O) groups is 1. The number of nitriles is 1. The molecule has 2 aromatic rings. The first-order chi connectivity index (χ1) is 9.31. The van der Waals surface area contributed by atoms with Crippen LogP contribution in [-0.2, 0) is 13.1 Å². The zero-order valence-electron chi connectivity index (χ0n) is 10.3. The van der Waals surface area contributed by atoms with Gasteiger partial charge in [-0.3, -0.25) is 4.79 Å². The van der Waals surface area contributed by atoms with Crippen LogP contribution in [0.3, 0.4) is 0 Å². The van der Waals surface area contributed by atoms with Gasteiger partial charge in [0.1, 0.15) is 12.4 Å². The first kappa shape index (κ1) is 11.5. The SMILES string of the molecule is N#Cc1cc(C=O)ccc1N1Cc2ccccc2C1. The van der Waals surface area contributed by atoms with E-state index in [0.29, 0.717) is 11.1 Å². The number of nitrogens with zero attached hydrogens (tertiary/aromatic N) is 2. The second-order valence-corrected chi connectivity index (χ2v) is 4.63. The highest BCUT2D eigenvalue weighted by molar-refractivity contribution is 5.78. The van der Waals surface area contributed by atoms with Gasteiger partial charge in [0.25, 0.3) is 0 Å². The Morgan fingerprint density at radius 2 is 1.79 bits per heavy atom. The molecule has 3 nitrogen and oxygen atoms in total. The molecule has 0 radical (unpaired) electrons. The van der Waals surface area contributed by atoms with Gasteiger partial charge in [0, 0.05) is 18.7 Å². The maximum absolute atomic E-state index is 10.8. The van der Waals surface area contributed by atoms with Crippen LogP contribution in [-0.4, -0.2) is 6.29 Å². The number of aldehydes is 1. The van der Waals surface area contributed by atoms with Crippen molar-refractivity contribution in [3.05, 3.63) is 64.7 Å². The molecule has 0 saturated heterocycles. The number of fused-ring (bicyclic) bond motifs is 1. The van der Waals surface area contributed by atoms with Crippen molar-refractivity contribution < 1.29 is 4.79 Å². The van der Waals surface area contributed by atoms with Crippen molar-refractivity contribution in [3.8, 4) is 6.07 Å². The van der Waals surface area contributed by atoms with E-state index in [1.807, 2.05) is 18.2 Å². The number of anilines is 1. The molecule has 1 aliphatic rings. The summed E-state index contributed by atoms with van der Waals surface area (Å²) < 4.78 is 0. The van der Waals surface area contributed by atoms with E-state index in [1.54, 1.807) is 12.1 Å². The molecular formula is C16H12N2O. The molecule has 1 aliphatic heterocycles. The summed E-state index contributed by atoms with van der Waals surface area (Å²) in [5.41, 5.74) is 4.58. The van der Waals surface area contributed by atoms with Crippen LogP contribution in [0.25, 0.3) is 0 Å². The van der Waals surface area contributed by atoms with Crippen LogP contribution in [0.4, 0.5) is 5.69 Å². The molecule has 0 bridgehead atoms. The van der Waals surface area contributed by atoms with E-state index in [1.165, 1.54) is 11.1 Å². The third-order valence-electron chi connectivity index (χ3n) is 3.46. The molecule has 0 unspecified atom stereocenters. The van der Waals surface area contributed by atoms with Crippen molar-refractivity contribution >= 4 is 12.0 Å². The lowest BCUT2D eigenvalue weighted by molar-refractivity contribution is 0.112. The third kappa shape index (κ3) is 1.98. The summed E-state index contributed by atoms with van der Waals surface area (Å²) in [7, 11) is 0. The van der Waals surface area contributed by atoms with Gasteiger partial charge in [0.2, 0.25) is 0 Å². The molecule has 0 saturated carbocycles. The molecule has 0 atom stereocenters. The Labute approximate surface area is 111 Å². The Balaban J connectivity index is 1.97. The van der Waals surface area contributed by atoms with Gasteiger partial charge >= 0.3 is 0 Å². The summed E-state index contributed by atoms with van der Waals surface area (Å²) in [6.07, 6.45) is 0.767. The van der Waals surface area contributed by atoms with Crippen molar-refractivity contribution in [2.24, 2.45) is 0 Å². The normalized spacial score (nSPS) is 12.9. The van der Waals surface area contributed by atoms with Gasteiger partial charge in [-0.25, -0.2) is 0 Å². The fourth-order valence-electron chi connectivity index (χ4n) is 2.50. The Kier molecular flexibility index (Phi) is 2.77. The highest BCUT2D eigenvalue weighted by Crippen LogP contribution is 2.30. The van der Waals surface area contributed by atoms with E-state index in [4.69, 9.17) is 0 Å². The lowest BCUT2D eigenvalue weighted by atomic mass is 10.1. The van der Waals surface area contributed by atoms with Crippen molar-refractivity contribution in [1.82, 2.24) is 0 Å². The van der Waals surface area contributed by atoms with E-state index in [9.17, 15) is 10.1 Å². The number of benzene rings is 2. The fraction of sp³-hybridized carbons (Fsp3) is 0.125. The molecule has 0 spiro atoms. The topological polar surface area (TPSA) is 44.1 Å². The summed E-state index contributed by atoms with van der Waals surface area (Å²) in [6.45, 7) is 1.62. The second-order valence-electron chi connectivity index (χ2n) is 4.63. The number of hydrogen-bond donors (Lipinski definition) is 0. The smallest absolute Gasteiger partial charge is 0.150 e. The minimum Gasteiger partial charge on any atom is -0.362 e. The summed E-state index contributed by atoms with van der Waals surface area (Å²) in [4.78, 5) is 12.9. The van der Waals surface area contributed by atoms with Crippen molar-refractivity contribution in [3.63, 3.8) is 0 Å². The molecule has 3 heteroatoms. The van der Waals surface area contributed by atoms with Crippen LogP contribution in [0, 0.1) is 11.3 Å². The monoisotopic (exact) mass is 248 g/mol. The molecule has 0 aromatic heterocycles. The maximum Gasteiger partial charge on any atom is 0.150 e. The highest BCUT2D eigenvalue weighted by Gasteiger charge is 2.20. The molecule has 19 heavy (non-hydrogen) atoms. The molecule has 3 rings (SSSR count). The van der Waals surface area contributed by atoms with Crippen molar-refractivity contribution in [2.45, 2.75) is 13.1 Å². The zero-order chi connectivity index (χ0) is 13.2. The molecule has 1 heterocycles. The van der Waals surface area contributed by atoms with E-state index < -0.39 is 0 Å². The standard InChI is InChI=1S/C16H12N2O/c17-8-15-7-12(11-19)5-6-16(15)18-9-13-3-1-2-4-14(13)10-18/h1-7,11H,9-10H2. The van der Waals surface area contributed by atoms with Crippen LogP contribution < -0.4 is 4.90 Å². The largest absolute Gasteiger partial charge is 0.362 e. The van der Waals surface area contributed by atoms with E-state index in [0.717, 1.165) is 25.1 Å². The van der Waals surface area contributed by atoms with Gasteiger partial charge in [0.05, 0.1) is 11.3 Å².